The highest BCUT2D eigenvalue weighted by Gasteiger charge is 2.54. The fourth-order valence-electron chi connectivity index (χ4n) is 6.81. The van der Waals surface area contributed by atoms with E-state index in [1.807, 2.05) is 42.5 Å². The van der Waals surface area contributed by atoms with Crippen molar-refractivity contribution in [2.75, 3.05) is 7.11 Å². The van der Waals surface area contributed by atoms with Crippen LogP contribution in [-0.4, -0.2) is 22.0 Å². The van der Waals surface area contributed by atoms with Crippen LogP contribution in [0.4, 0.5) is 0 Å². The summed E-state index contributed by atoms with van der Waals surface area (Å²) >= 11 is 0. The van der Waals surface area contributed by atoms with Gasteiger partial charge in [0.2, 0.25) is 5.60 Å². The molecule has 3 aromatic heterocycles. The second kappa shape index (κ2) is 8.88. The minimum Gasteiger partial charge on any atom is -0.497 e. The topological polar surface area (TPSA) is 44.9 Å². The van der Waals surface area contributed by atoms with Crippen LogP contribution in [0.1, 0.15) is 45.4 Å². The molecule has 7 rings (SSSR count). The molecule has 1 aliphatic heterocycles. The van der Waals surface area contributed by atoms with Crippen molar-refractivity contribution in [3.05, 3.63) is 131 Å². The molecule has 0 aliphatic carbocycles. The highest BCUT2D eigenvalue weighted by atomic mass is 16.6. The van der Waals surface area contributed by atoms with Crippen molar-refractivity contribution in [3.8, 4) is 16.9 Å². The highest BCUT2D eigenvalue weighted by molar-refractivity contribution is 6.00. The Kier molecular flexibility index (Phi) is 5.39. The summed E-state index contributed by atoms with van der Waals surface area (Å²) in [5.74, 6) is 0.480. The number of cyclic esters (lactones) is 1. The number of hydrogen-bond donors (Lipinski definition) is 0. The third-order valence-corrected chi connectivity index (χ3v) is 8.48. The van der Waals surface area contributed by atoms with E-state index in [1.165, 1.54) is 0 Å². The van der Waals surface area contributed by atoms with Gasteiger partial charge in [0.1, 0.15) is 5.75 Å². The van der Waals surface area contributed by atoms with Crippen molar-refractivity contribution in [2.45, 2.75) is 32.9 Å². The van der Waals surface area contributed by atoms with E-state index in [-0.39, 0.29) is 5.97 Å². The number of aryl methyl sites for hydroxylation is 2. The Balaban J connectivity index is 1.71. The average molecular weight is 527 g/mol. The van der Waals surface area contributed by atoms with Crippen LogP contribution in [-0.2, 0) is 16.9 Å². The normalized spacial score (nSPS) is 16.4. The monoisotopic (exact) mass is 526 g/mol. The summed E-state index contributed by atoms with van der Waals surface area (Å²) in [7, 11) is 1.68. The number of hydrogen-bond acceptors (Lipinski definition) is 3. The number of esters is 1. The molecule has 0 N–H and O–H groups in total. The lowest BCUT2D eigenvalue weighted by Gasteiger charge is -2.32. The molecule has 0 saturated carbocycles. The number of benzene rings is 3. The Bertz CT molecular complexity index is 1940. The molecular formula is C35H30N2O3. The van der Waals surface area contributed by atoms with E-state index in [2.05, 4.69) is 84.5 Å². The Morgan fingerprint density at radius 3 is 2.33 bits per heavy atom. The zero-order valence-electron chi connectivity index (χ0n) is 23.1. The highest BCUT2D eigenvalue weighted by Crippen LogP contribution is 2.54. The predicted octanol–water partition coefficient (Wildman–Crippen LogP) is 7.67. The van der Waals surface area contributed by atoms with Crippen LogP contribution in [0.5, 0.6) is 5.75 Å². The largest absolute Gasteiger partial charge is 0.497 e. The summed E-state index contributed by atoms with van der Waals surface area (Å²) in [4.78, 5) is 13.8. The van der Waals surface area contributed by atoms with E-state index >= 15 is 0 Å². The lowest BCUT2D eigenvalue weighted by atomic mass is 9.78. The maximum absolute atomic E-state index is 13.8. The number of pyridine rings is 1. The fourth-order valence-corrected chi connectivity index (χ4v) is 6.81. The van der Waals surface area contributed by atoms with E-state index in [4.69, 9.17) is 9.47 Å². The van der Waals surface area contributed by atoms with Crippen molar-refractivity contribution < 1.29 is 14.3 Å². The predicted molar refractivity (Wildman–Crippen MR) is 158 cm³/mol. The van der Waals surface area contributed by atoms with Gasteiger partial charge in [-0.15, -0.1) is 0 Å². The molecule has 0 amide bonds. The van der Waals surface area contributed by atoms with Gasteiger partial charge in [-0.05, 0) is 68.3 Å². The Morgan fingerprint density at radius 1 is 0.850 bits per heavy atom. The number of para-hydroxylation sites is 1. The molecule has 40 heavy (non-hydrogen) atoms. The summed E-state index contributed by atoms with van der Waals surface area (Å²) < 4.78 is 16.8. The average Bonchev–Trinajstić information content (AvgIpc) is 3.57. The lowest BCUT2D eigenvalue weighted by molar-refractivity contribution is 0.0240. The molecular weight excluding hydrogens is 496 g/mol. The zero-order chi connectivity index (χ0) is 27.6. The molecule has 3 aromatic carbocycles. The number of nitrogens with zero attached hydrogens (tertiary/aromatic N) is 2. The van der Waals surface area contributed by atoms with Crippen LogP contribution in [0, 0.1) is 13.8 Å². The van der Waals surface area contributed by atoms with Gasteiger partial charge in [-0.3, -0.25) is 0 Å². The molecule has 4 heterocycles. The summed E-state index contributed by atoms with van der Waals surface area (Å²) in [6.45, 7) is 7.25. The number of methoxy groups -OCH3 is 1. The second-order valence-electron chi connectivity index (χ2n) is 10.4. The van der Waals surface area contributed by atoms with Gasteiger partial charge in [-0.2, -0.15) is 0 Å². The number of carbonyl (C=O) groups is 1. The van der Waals surface area contributed by atoms with E-state index in [0.29, 0.717) is 5.56 Å². The molecule has 5 heteroatoms. The molecule has 0 bridgehead atoms. The maximum atomic E-state index is 13.8. The Morgan fingerprint density at radius 2 is 1.55 bits per heavy atom. The van der Waals surface area contributed by atoms with Gasteiger partial charge in [-0.25, -0.2) is 4.79 Å². The number of fused-ring (bicyclic) bond motifs is 3. The maximum Gasteiger partial charge on any atom is 0.340 e. The molecule has 198 valence electrons. The molecule has 1 unspecified atom stereocenters. The lowest BCUT2D eigenvalue weighted by Crippen LogP contribution is -2.32. The molecule has 0 spiro atoms. The van der Waals surface area contributed by atoms with Crippen molar-refractivity contribution in [2.24, 2.45) is 0 Å². The molecule has 0 fully saturated rings. The minimum absolute atomic E-state index is 0.312. The quantitative estimate of drug-likeness (QED) is 0.217. The molecule has 5 nitrogen and oxygen atoms in total. The number of aromatic nitrogens is 2. The first-order valence-corrected chi connectivity index (χ1v) is 13.7. The standard InChI is InChI=1S/C35H30N2O3/c1-5-36-23(3)32(27-13-7-9-16-30(27)36)35(28-14-8-6-12-26(28)34(38)40-35)33-31(24-17-19-25(39-4)20-18-24)22(2)29-15-10-11-21-37(29)33/h6-21H,5H2,1-4H3. The summed E-state index contributed by atoms with van der Waals surface area (Å²) in [5.41, 5.74) is 8.69. The van der Waals surface area contributed by atoms with Gasteiger partial charge in [0.15, 0.2) is 0 Å². The molecule has 0 saturated heterocycles. The SMILES string of the molecule is CCn1c(C)c(C2(c3c(-c4ccc(OC)cc4)c(C)c4ccccn34)OC(=O)c3ccccc32)c2ccccc21. The number of ether oxygens (including phenoxy) is 2. The molecule has 1 atom stereocenters. The minimum atomic E-state index is -1.18. The number of carbonyl (C=O) groups excluding carboxylic acids is 1. The third kappa shape index (κ3) is 3.12. The Hall–Kier alpha value is -4.77. The van der Waals surface area contributed by atoms with Gasteiger partial charge >= 0.3 is 5.97 Å². The molecule has 1 aliphatic rings. The second-order valence-corrected chi connectivity index (χ2v) is 10.4. The number of rotatable bonds is 5. The van der Waals surface area contributed by atoms with Gasteiger partial charge in [0.05, 0.1) is 18.4 Å². The van der Waals surface area contributed by atoms with Crippen molar-refractivity contribution in [3.63, 3.8) is 0 Å². The van der Waals surface area contributed by atoms with Crippen LogP contribution in [0.15, 0.2) is 97.2 Å². The third-order valence-electron chi connectivity index (χ3n) is 8.48. The Labute approximate surface area is 233 Å². The van der Waals surface area contributed by atoms with Crippen molar-refractivity contribution >= 4 is 22.4 Å². The van der Waals surface area contributed by atoms with Crippen molar-refractivity contribution in [1.82, 2.24) is 8.97 Å². The van der Waals surface area contributed by atoms with Gasteiger partial charge in [0.25, 0.3) is 0 Å². The first-order valence-electron chi connectivity index (χ1n) is 13.7. The molecule has 6 aromatic rings. The van der Waals surface area contributed by atoms with E-state index in [0.717, 1.165) is 67.9 Å². The van der Waals surface area contributed by atoms with Crippen molar-refractivity contribution in [1.29, 1.82) is 0 Å². The first-order chi connectivity index (χ1) is 19.5. The van der Waals surface area contributed by atoms with Crippen LogP contribution in [0.2, 0.25) is 0 Å². The zero-order valence-corrected chi connectivity index (χ0v) is 23.1. The smallest absolute Gasteiger partial charge is 0.340 e. The van der Waals surface area contributed by atoms with E-state index < -0.39 is 5.60 Å². The molecule has 0 radical (unpaired) electrons. The van der Waals surface area contributed by atoms with E-state index in [9.17, 15) is 4.79 Å². The van der Waals surface area contributed by atoms with Crippen LogP contribution < -0.4 is 4.74 Å². The van der Waals surface area contributed by atoms with Gasteiger partial charge < -0.3 is 18.4 Å². The van der Waals surface area contributed by atoms with Crippen LogP contribution in [0.25, 0.3) is 27.5 Å². The summed E-state index contributed by atoms with van der Waals surface area (Å²) in [5, 5.41) is 1.08. The van der Waals surface area contributed by atoms with Gasteiger partial charge in [-0.1, -0.05) is 54.6 Å². The van der Waals surface area contributed by atoms with Gasteiger partial charge in [0, 0.05) is 51.5 Å². The van der Waals surface area contributed by atoms with Crippen LogP contribution >= 0.6 is 0 Å². The van der Waals surface area contributed by atoms with Crippen LogP contribution in [0.3, 0.4) is 0 Å². The first kappa shape index (κ1) is 24.3. The van der Waals surface area contributed by atoms with E-state index in [1.54, 1.807) is 7.11 Å². The summed E-state index contributed by atoms with van der Waals surface area (Å²) in [6, 6.07) is 30.6. The fraction of sp³-hybridized carbons (Fsp3) is 0.171. The summed E-state index contributed by atoms with van der Waals surface area (Å²) in [6.07, 6.45) is 2.08.